The number of piperidine rings is 1. The molecule has 1 spiro atoms. The van der Waals surface area contributed by atoms with Crippen molar-refractivity contribution in [2.24, 2.45) is 0 Å². The summed E-state index contributed by atoms with van der Waals surface area (Å²) >= 11 is 1.76. The van der Waals surface area contributed by atoms with Gasteiger partial charge < -0.3 is 24.6 Å². The van der Waals surface area contributed by atoms with E-state index in [2.05, 4.69) is 65.8 Å². The zero-order valence-electron chi connectivity index (χ0n) is 21.7. The van der Waals surface area contributed by atoms with Crippen molar-refractivity contribution in [2.45, 2.75) is 70.3 Å². The number of ether oxygens (including phenoxy) is 2. The van der Waals surface area contributed by atoms with E-state index in [9.17, 15) is 4.79 Å². The third-order valence-electron chi connectivity index (χ3n) is 7.36. The summed E-state index contributed by atoms with van der Waals surface area (Å²) in [5.41, 5.74) is 1.06. The average Bonchev–Trinajstić information content (AvgIpc) is 3.39. The van der Waals surface area contributed by atoms with Crippen LogP contribution in [0, 0.1) is 0 Å². The number of hydrogen-bond acceptors (Lipinski definition) is 6. The highest BCUT2D eigenvalue weighted by molar-refractivity contribution is 7.10. The molecule has 0 saturated carbocycles. The van der Waals surface area contributed by atoms with Crippen LogP contribution in [-0.4, -0.2) is 73.2 Å². The Kier molecular flexibility index (Phi) is 8.87. The first kappa shape index (κ1) is 26.1. The maximum absolute atomic E-state index is 12.5. The fraction of sp³-hybridized carbons (Fsp3) is 0.607. The van der Waals surface area contributed by atoms with Crippen molar-refractivity contribution >= 4 is 17.2 Å². The van der Waals surface area contributed by atoms with Crippen LogP contribution < -0.4 is 10.1 Å². The van der Waals surface area contributed by atoms with Crippen molar-refractivity contribution in [1.82, 2.24) is 15.1 Å². The van der Waals surface area contributed by atoms with E-state index in [1.54, 1.807) is 11.3 Å². The van der Waals surface area contributed by atoms with Gasteiger partial charge in [-0.1, -0.05) is 24.3 Å². The van der Waals surface area contributed by atoms with Crippen LogP contribution in [0.25, 0.3) is 0 Å². The lowest BCUT2D eigenvalue weighted by Crippen LogP contribution is -2.62. The quantitative estimate of drug-likeness (QED) is 0.521. The number of carbonyl (C=O) groups excluding carboxylic acids is 1. The van der Waals surface area contributed by atoms with Gasteiger partial charge in [0.1, 0.15) is 18.0 Å². The molecule has 1 amide bonds. The number of amides is 1. The summed E-state index contributed by atoms with van der Waals surface area (Å²) in [6.45, 7) is 10.7. The molecule has 0 radical (unpaired) electrons. The van der Waals surface area contributed by atoms with Gasteiger partial charge in [-0.3, -0.25) is 4.79 Å². The molecule has 7 heteroatoms. The molecule has 1 N–H and O–H groups in total. The fourth-order valence-corrected chi connectivity index (χ4v) is 6.04. The largest absolute Gasteiger partial charge is 0.485 e. The second-order valence-corrected chi connectivity index (χ2v) is 11.2. The van der Waals surface area contributed by atoms with Crippen LogP contribution in [0.4, 0.5) is 0 Å². The number of benzene rings is 1. The van der Waals surface area contributed by atoms with Gasteiger partial charge in [-0.25, -0.2) is 0 Å². The first-order valence-corrected chi connectivity index (χ1v) is 13.9. The van der Waals surface area contributed by atoms with Crippen LogP contribution in [0.2, 0.25) is 0 Å². The summed E-state index contributed by atoms with van der Waals surface area (Å²) in [4.78, 5) is 18.3. The third kappa shape index (κ3) is 6.45. The molecule has 35 heavy (non-hydrogen) atoms. The zero-order chi connectivity index (χ0) is 24.8. The monoisotopic (exact) mass is 499 g/mol. The molecule has 6 nitrogen and oxygen atoms in total. The maximum atomic E-state index is 12.5. The summed E-state index contributed by atoms with van der Waals surface area (Å²) < 4.78 is 12.9. The van der Waals surface area contributed by atoms with Gasteiger partial charge in [-0.05, 0) is 76.7 Å². The van der Waals surface area contributed by atoms with Gasteiger partial charge in [0.25, 0.3) is 5.91 Å². The molecule has 1 aromatic carbocycles. The predicted octanol–water partition coefficient (Wildman–Crippen LogP) is 4.51. The van der Waals surface area contributed by atoms with Crippen LogP contribution in [0.15, 0.2) is 41.8 Å². The van der Waals surface area contributed by atoms with Crippen molar-refractivity contribution in [2.75, 3.05) is 39.8 Å². The van der Waals surface area contributed by atoms with Gasteiger partial charge >= 0.3 is 0 Å². The zero-order valence-corrected chi connectivity index (χ0v) is 22.5. The van der Waals surface area contributed by atoms with Crippen LogP contribution in [-0.2, 0) is 16.0 Å². The van der Waals surface area contributed by atoms with Crippen LogP contribution in [0.1, 0.15) is 56.6 Å². The Balaban J connectivity index is 1.34. The molecular formula is C28H41N3O3S. The van der Waals surface area contributed by atoms with E-state index < -0.39 is 0 Å². The molecule has 2 fully saturated rings. The molecule has 2 atom stereocenters. The molecule has 2 aliphatic rings. The Hall–Kier alpha value is -1.93. The van der Waals surface area contributed by atoms with Crippen molar-refractivity contribution in [3.05, 3.63) is 52.2 Å². The van der Waals surface area contributed by atoms with Crippen molar-refractivity contribution in [3.8, 4) is 5.75 Å². The number of rotatable bonds is 10. The second-order valence-electron chi connectivity index (χ2n) is 10.2. The minimum atomic E-state index is -0.346. The minimum Gasteiger partial charge on any atom is -0.485 e. The molecule has 2 aromatic rings. The Bertz CT molecular complexity index is 941. The Morgan fingerprint density at radius 1 is 1.20 bits per heavy atom. The lowest BCUT2D eigenvalue weighted by Gasteiger charge is -2.50. The number of likely N-dealkylation sites (tertiary alicyclic amines) is 1. The number of nitrogens with one attached hydrogen (secondary N) is 1. The molecule has 0 unspecified atom stereocenters. The van der Waals surface area contributed by atoms with Crippen LogP contribution >= 0.6 is 11.3 Å². The fourth-order valence-electron chi connectivity index (χ4n) is 5.25. The number of para-hydroxylation sites is 1. The van der Waals surface area contributed by atoms with E-state index in [0.717, 1.165) is 64.2 Å². The first-order valence-electron chi connectivity index (χ1n) is 13.0. The summed E-state index contributed by atoms with van der Waals surface area (Å²) in [7, 11) is 1.99. The third-order valence-corrected chi connectivity index (χ3v) is 8.33. The van der Waals surface area contributed by atoms with Gasteiger partial charge in [-0.15, -0.1) is 11.3 Å². The summed E-state index contributed by atoms with van der Waals surface area (Å²) in [5, 5.41) is 5.37. The van der Waals surface area contributed by atoms with E-state index >= 15 is 0 Å². The highest BCUT2D eigenvalue weighted by Gasteiger charge is 2.45. The Labute approximate surface area is 214 Å². The van der Waals surface area contributed by atoms with E-state index in [4.69, 9.17) is 9.47 Å². The van der Waals surface area contributed by atoms with Gasteiger partial charge in [-0.2, -0.15) is 0 Å². The second kappa shape index (κ2) is 11.9. The van der Waals surface area contributed by atoms with Crippen LogP contribution in [0.5, 0.6) is 5.75 Å². The Morgan fingerprint density at radius 3 is 2.66 bits per heavy atom. The number of thiophene rings is 1. The molecule has 192 valence electrons. The number of morpholine rings is 1. The van der Waals surface area contributed by atoms with Crippen molar-refractivity contribution in [3.63, 3.8) is 0 Å². The number of nitrogens with zero attached hydrogens (tertiary/aromatic N) is 2. The molecule has 2 aliphatic heterocycles. The Morgan fingerprint density at radius 2 is 1.97 bits per heavy atom. The normalized spacial score (nSPS) is 21.6. The van der Waals surface area contributed by atoms with E-state index in [0.29, 0.717) is 0 Å². The highest BCUT2D eigenvalue weighted by atomic mass is 32.1. The van der Waals surface area contributed by atoms with Crippen molar-refractivity contribution < 1.29 is 14.3 Å². The van der Waals surface area contributed by atoms with E-state index in [1.165, 1.54) is 10.4 Å². The molecule has 4 rings (SSSR count). The minimum absolute atomic E-state index is 0.0653. The summed E-state index contributed by atoms with van der Waals surface area (Å²) in [6, 6.07) is 13.0. The maximum Gasteiger partial charge on any atom is 0.251 e. The predicted molar refractivity (Wildman–Crippen MR) is 142 cm³/mol. The molecule has 2 saturated heterocycles. The van der Waals surface area contributed by atoms with E-state index in [-0.39, 0.29) is 29.8 Å². The molecule has 1 aromatic heterocycles. The molecular weight excluding hydrogens is 458 g/mol. The highest BCUT2D eigenvalue weighted by Crippen LogP contribution is 2.34. The van der Waals surface area contributed by atoms with Crippen LogP contribution in [0.3, 0.4) is 0 Å². The molecule has 0 bridgehead atoms. The molecule has 0 aliphatic carbocycles. The summed E-state index contributed by atoms with van der Waals surface area (Å²) in [6.07, 6.45) is 3.55. The van der Waals surface area contributed by atoms with Crippen molar-refractivity contribution in [1.29, 1.82) is 0 Å². The molecule has 3 heterocycles. The smallest absolute Gasteiger partial charge is 0.251 e. The van der Waals surface area contributed by atoms with Gasteiger partial charge in [0.15, 0.2) is 0 Å². The lowest BCUT2D eigenvalue weighted by atomic mass is 9.87. The summed E-state index contributed by atoms with van der Waals surface area (Å²) in [5.74, 6) is 1.12. The number of hydrogen-bond donors (Lipinski definition) is 1. The average molecular weight is 500 g/mol. The SMILES string of the molecule is CNCC[C@@H](Oc1ccccc1CCN1CCC2(CC1)CN(C(C)C)C(=O)[C@H](C)O2)c1cccs1. The standard InChI is InChI=1S/C28H41N3O3S/c1-21(2)31-20-28(34-22(3)27(31)32)13-17-30(18-14-28)16-12-23-8-5-6-9-24(23)33-25(11-15-29-4)26-10-7-19-35-26/h5-10,19,21-22,25,29H,11-18,20H2,1-4H3/t22-,25+/m0/s1. The van der Waals surface area contributed by atoms with Gasteiger partial charge in [0.2, 0.25) is 0 Å². The topological polar surface area (TPSA) is 54.0 Å². The number of carbonyl (C=O) groups is 1. The first-order chi connectivity index (χ1) is 16.9. The van der Waals surface area contributed by atoms with E-state index in [1.807, 2.05) is 18.9 Å². The lowest BCUT2D eigenvalue weighted by molar-refractivity contribution is -0.192. The van der Waals surface area contributed by atoms with Gasteiger partial charge in [0.05, 0.1) is 12.1 Å². The van der Waals surface area contributed by atoms with Gasteiger partial charge in [0, 0.05) is 37.0 Å².